The monoisotopic (exact) mass is 415 g/mol. The summed E-state index contributed by atoms with van der Waals surface area (Å²) in [5.74, 6) is 1.13. The molecule has 0 aliphatic carbocycles. The molecule has 1 aliphatic rings. The lowest BCUT2D eigenvalue weighted by molar-refractivity contribution is 0.245. The van der Waals surface area contributed by atoms with E-state index >= 15 is 0 Å². The van der Waals surface area contributed by atoms with Gasteiger partial charge in [-0.1, -0.05) is 30.3 Å². The number of oxazole rings is 1. The Morgan fingerprint density at radius 3 is 2.45 bits per heavy atom. The Hall–Kier alpha value is -3.51. The average Bonchev–Trinajstić information content (AvgIpc) is 3.26. The number of phenols is 1. The summed E-state index contributed by atoms with van der Waals surface area (Å²) in [4.78, 5) is 9.34. The van der Waals surface area contributed by atoms with Gasteiger partial charge in [0.1, 0.15) is 5.52 Å². The highest BCUT2D eigenvalue weighted by molar-refractivity contribution is 5.76. The predicted octanol–water partition coefficient (Wildman–Crippen LogP) is 4.53. The van der Waals surface area contributed by atoms with Crippen molar-refractivity contribution in [3.05, 3.63) is 72.3 Å². The number of anilines is 1. The van der Waals surface area contributed by atoms with E-state index in [1.54, 1.807) is 13.2 Å². The average molecular weight is 415 g/mol. The number of ether oxygens (including phenoxy) is 1. The van der Waals surface area contributed by atoms with Gasteiger partial charge in [0, 0.05) is 49.5 Å². The van der Waals surface area contributed by atoms with E-state index in [0.717, 1.165) is 48.4 Å². The molecule has 1 saturated heterocycles. The maximum absolute atomic E-state index is 10.7. The van der Waals surface area contributed by atoms with Crippen molar-refractivity contribution in [2.24, 2.45) is 0 Å². The molecule has 0 bridgehead atoms. The maximum atomic E-state index is 10.7. The highest BCUT2D eigenvalue weighted by Gasteiger charge is 2.21. The van der Waals surface area contributed by atoms with Crippen molar-refractivity contribution in [1.29, 1.82) is 0 Å². The topological polar surface area (TPSA) is 62.0 Å². The Morgan fingerprint density at radius 2 is 1.71 bits per heavy atom. The van der Waals surface area contributed by atoms with Gasteiger partial charge in [0.05, 0.1) is 7.11 Å². The Kier molecular flexibility index (Phi) is 5.22. The quantitative estimate of drug-likeness (QED) is 0.517. The summed E-state index contributed by atoms with van der Waals surface area (Å²) in [6, 6.07) is 21.9. The third-order valence-electron chi connectivity index (χ3n) is 5.80. The number of aromatic nitrogens is 1. The van der Waals surface area contributed by atoms with E-state index in [2.05, 4.69) is 39.0 Å². The molecule has 0 amide bonds. The predicted molar refractivity (Wildman–Crippen MR) is 122 cm³/mol. The number of rotatable bonds is 5. The lowest BCUT2D eigenvalue weighted by Crippen LogP contribution is -2.45. The number of nitrogens with zero attached hydrogens (tertiary/aromatic N) is 3. The molecule has 3 aromatic carbocycles. The number of phenolic OH excluding ortho intramolecular Hbond substituents is 1. The van der Waals surface area contributed by atoms with Crippen LogP contribution in [0.2, 0.25) is 0 Å². The molecular weight excluding hydrogens is 390 g/mol. The fourth-order valence-electron chi connectivity index (χ4n) is 4.10. The van der Waals surface area contributed by atoms with Gasteiger partial charge in [-0.05, 0) is 36.4 Å². The number of hydrogen-bond donors (Lipinski definition) is 1. The minimum atomic E-state index is 0.174. The van der Waals surface area contributed by atoms with Gasteiger partial charge in [-0.3, -0.25) is 4.90 Å². The molecule has 0 unspecified atom stereocenters. The smallest absolute Gasteiger partial charge is 0.227 e. The summed E-state index contributed by atoms with van der Waals surface area (Å²) in [5, 5.41) is 10.7. The molecule has 158 valence electrons. The molecule has 6 heteroatoms. The molecule has 2 heterocycles. The van der Waals surface area contributed by atoms with Crippen LogP contribution < -0.4 is 9.64 Å². The maximum Gasteiger partial charge on any atom is 0.227 e. The lowest BCUT2D eigenvalue weighted by Gasteiger charge is -2.36. The molecule has 0 saturated carbocycles. The van der Waals surface area contributed by atoms with Crippen molar-refractivity contribution in [3.8, 4) is 23.0 Å². The summed E-state index contributed by atoms with van der Waals surface area (Å²) in [7, 11) is 1.56. The molecule has 4 aromatic rings. The number of hydrogen-bond acceptors (Lipinski definition) is 6. The number of benzene rings is 3. The highest BCUT2D eigenvalue weighted by atomic mass is 16.5. The van der Waals surface area contributed by atoms with E-state index in [4.69, 9.17) is 9.15 Å². The van der Waals surface area contributed by atoms with E-state index in [9.17, 15) is 5.11 Å². The molecule has 5 rings (SSSR count). The largest absolute Gasteiger partial charge is 0.504 e. The van der Waals surface area contributed by atoms with Crippen LogP contribution in [0, 0.1) is 0 Å². The summed E-state index contributed by atoms with van der Waals surface area (Å²) in [5.41, 5.74) is 4.41. The van der Waals surface area contributed by atoms with Crippen molar-refractivity contribution < 1.29 is 14.3 Å². The fraction of sp³-hybridized carbons (Fsp3) is 0.240. The van der Waals surface area contributed by atoms with Crippen LogP contribution in [0.25, 0.3) is 22.6 Å². The van der Waals surface area contributed by atoms with Crippen LogP contribution in [-0.2, 0) is 6.54 Å². The standard InChI is InChI=1S/C25H25N3O3/c1-30-23-16-18(25-26-21-9-5-6-10-22(21)31-25)15-19(24(23)29)17-27-11-13-28(14-12-27)20-7-3-2-4-8-20/h2-10,15-16,29H,11-14,17H2,1H3. The normalized spacial score (nSPS) is 14.8. The first-order chi connectivity index (χ1) is 15.2. The van der Waals surface area contributed by atoms with Crippen molar-refractivity contribution in [2.75, 3.05) is 38.2 Å². The van der Waals surface area contributed by atoms with Gasteiger partial charge < -0.3 is 19.2 Å². The van der Waals surface area contributed by atoms with Crippen molar-refractivity contribution in [2.45, 2.75) is 6.54 Å². The minimum Gasteiger partial charge on any atom is -0.504 e. The Labute approximate surface area is 181 Å². The van der Waals surface area contributed by atoms with Gasteiger partial charge in [0.2, 0.25) is 5.89 Å². The summed E-state index contributed by atoms with van der Waals surface area (Å²) in [6.45, 7) is 4.38. The molecular formula is C25H25N3O3. The lowest BCUT2D eigenvalue weighted by atomic mass is 10.1. The van der Waals surface area contributed by atoms with Gasteiger partial charge in [0.25, 0.3) is 0 Å². The van der Waals surface area contributed by atoms with Crippen LogP contribution >= 0.6 is 0 Å². The van der Waals surface area contributed by atoms with Gasteiger partial charge in [-0.15, -0.1) is 0 Å². The highest BCUT2D eigenvalue weighted by Crippen LogP contribution is 2.37. The SMILES string of the molecule is COc1cc(-c2nc3ccccc3o2)cc(CN2CCN(c3ccccc3)CC2)c1O. The minimum absolute atomic E-state index is 0.174. The van der Waals surface area contributed by atoms with E-state index in [-0.39, 0.29) is 5.75 Å². The number of piperazine rings is 1. The number of para-hydroxylation sites is 3. The second-order valence-corrected chi connectivity index (χ2v) is 7.77. The summed E-state index contributed by atoms with van der Waals surface area (Å²) >= 11 is 0. The fourth-order valence-corrected chi connectivity index (χ4v) is 4.10. The zero-order valence-corrected chi connectivity index (χ0v) is 17.5. The van der Waals surface area contributed by atoms with Crippen LogP contribution in [-0.4, -0.2) is 48.3 Å². The van der Waals surface area contributed by atoms with E-state index in [1.165, 1.54) is 5.69 Å². The second kappa shape index (κ2) is 8.32. The van der Waals surface area contributed by atoms with Crippen LogP contribution in [0.3, 0.4) is 0 Å². The number of methoxy groups -OCH3 is 1. The van der Waals surface area contributed by atoms with E-state index in [1.807, 2.05) is 36.4 Å². The van der Waals surface area contributed by atoms with E-state index in [0.29, 0.717) is 18.2 Å². The first kappa shape index (κ1) is 19.5. The van der Waals surface area contributed by atoms with Gasteiger partial charge in [-0.25, -0.2) is 4.98 Å². The van der Waals surface area contributed by atoms with Crippen molar-refractivity contribution in [1.82, 2.24) is 9.88 Å². The Morgan fingerprint density at radius 1 is 0.968 bits per heavy atom. The second-order valence-electron chi connectivity index (χ2n) is 7.77. The van der Waals surface area contributed by atoms with Crippen LogP contribution in [0.5, 0.6) is 11.5 Å². The molecule has 31 heavy (non-hydrogen) atoms. The van der Waals surface area contributed by atoms with Gasteiger partial charge >= 0.3 is 0 Å². The molecule has 1 aromatic heterocycles. The third kappa shape index (κ3) is 3.94. The van der Waals surface area contributed by atoms with E-state index < -0.39 is 0 Å². The molecule has 6 nitrogen and oxygen atoms in total. The molecule has 0 spiro atoms. The number of aromatic hydroxyl groups is 1. The summed E-state index contributed by atoms with van der Waals surface area (Å²) in [6.07, 6.45) is 0. The Bertz CT molecular complexity index is 1150. The summed E-state index contributed by atoms with van der Waals surface area (Å²) < 4.78 is 11.4. The number of fused-ring (bicyclic) bond motifs is 1. The van der Waals surface area contributed by atoms with Crippen molar-refractivity contribution >= 4 is 16.8 Å². The molecule has 0 radical (unpaired) electrons. The molecule has 1 N–H and O–H groups in total. The van der Waals surface area contributed by atoms with Crippen LogP contribution in [0.1, 0.15) is 5.56 Å². The molecule has 0 atom stereocenters. The Balaban J connectivity index is 1.37. The van der Waals surface area contributed by atoms with Gasteiger partial charge in [0.15, 0.2) is 17.1 Å². The molecule has 1 fully saturated rings. The zero-order chi connectivity index (χ0) is 21.2. The molecule has 1 aliphatic heterocycles. The van der Waals surface area contributed by atoms with Crippen molar-refractivity contribution in [3.63, 3.8) is 0 Å². The van der Waals surface area contributed by atoms with Gasteiger partial charge in [-0.2, -0.15) is 0 Å². The zero-order valence-electron chi connectivity index (χ0n) is 17.5. The van der Waals surface area contributed by atoms with Crippen LogP contribution in [0.15, 0.2) is 71.1 Å². The first-order valence-electron chi connectivity index (χ1n) is 10.5. The third-order valence-corrected chi connectivity index (χ3v) is 5.80. The first-order valence-corrected chi connectivity index (χ1v) is 10.5. The van der Waals surface area contributed by atoms with Crippen LogP contribution in [0.4, 0.5) is 5.69 Å².